The number of ketones is 1. The van der Waals surface area contributed by atoms with Gasteiger partial charge in [0.1, 0.15) is 21.8 Å². The zero-order chi connectivity index (χ0) is 15.6. The number of benzene rings is 2. The van der Waals surface area contributed by atoms with E-state index in [-0.39, 0.29) is 10.3 Å². The van der Waals surface area contributed by atoms with Gasteiger partial charge in [0.05, 0.1) is 24.3 Å². The van der Waals surface area contributed by atoms with Crippen molar-refractivity contribution < 1.29 is 18.7 Å². The van der Waals surface area contributed by atoms with E-state index in [1.807, 2.05) is 0 Å². The summed E-state index contributed by atoms with van der Waals surface area (Å²) >= 11 is 6.42. The second kappa shape index (κ2) is 6.58. The second-order valence-corrected chi connectivity index (χ2v) is 5.77. The lowest BCUT2D eigenvalue weighted by Crippen LogP contribution is -2.05. The molecule has 2 aromatic rings. The zero-order valence-corrected chi connectivity index (χ0v) is 14.4. The largest absolute Gasteiger partial charge is 0.495 e. The fourth-order valence-corrected chi connectivity index (χ4v) is 2.92. The number of carbonyl (C=O) groups is 1. The molecule has 0 bridgehead atoms. The molecule has 0 spiro atoms. The summed E-state index contributed by atoms with van der Waals surface area (Å²) in [6, 6.07) is 7.39. The number of ether oxygens (including phenoxy) is 2. The lowest BCUT2D eigenvalue weighted by atomic mass is 10.0. The van der Waals surface area contributed by atoms with Crippen LogP contribution in [0.3, 0.4) is 0 Å². The first-order valence-electron chi connectivity index (χ1n) is 5.89. The molecule has 0 fully saturated rings. The first kappa shape index (κ1) is 16.0. The van der Waals surface area contributed by atoms with Gasteiger partial charge in [0.2, 0.25) is 0 Å². The summed E-state index contributed by atoms with van der Waals surface area (Å²) in [6.07, 6.45) is 0. The summed E-state index contributed by atoms with van der Waals surface area (Å²) in [6.45, 7) is 0. The van der Waals surface area contributed by atoms with Gasteiger partial charge in [-0.3, -0.25) is 4.79 Å². The van der Waals surface area contributed by atoms with E-state index in [0.717, 1.165) is 0 Å². The number of methoxy groups -OCH3 is 2. The predicted molar refractivity (Wildman–Crippen MR) is 84.8 cm³/mol. The van der Waals surface area contributed by atoms with Gasteiger partial charge >= 0.3 is 0 Å². The molecule has 0 aromatic heterocycles. The minimum absolute atomic E-state index is 0.236. The highest BCUT2D eigenvalue weighted by Gasteiger charge is 2.20. The van der Waals surface area contributed by atoms with Crippen molar-refractivity contribution in [3.05, 3.63) is 56.2 Å². The fraction of sp³-hybridized carbons (Fsp3) is 0.133. The van der Waals surface area contributed by atoms with E-state index >= 15 is 0 Å². The van der Waals surface area contributed by atoms with Gasteiger partial charge in [-0.15, -0.1) is 0 Å². The molecule has 3 nitrogen and oxygen atoms in total. The molecule has 0 saturated heterocycles. The molecule has 0 unspecified atom stereocenters. The molecule has 0 aliphatic heterocycles. The Morgan fingerprint density at radius 1 is 1.10 bits per heavy atom. The van der Waals surface area contributed by atoms with Crippen molar-refractivity contribution >= 4 is 37.6 Å². The van der Waals surface area contributed by atoms with Crippen LogP contribution < -0.4 is 9.47 Å². The number of hydrogen-bond donors (Lipinski definition) is 0. The van der Waals surface area contributed by atoms with Crippen LogP contribution in [-0.4, -0.2) is 20.0 Å². The highest BCUT2D eigenvalue weighted by molar-refractivity contribution is 9.11. The van der Waals surface area contributed by atoms with Crippen LogP contribution in [-0.2, 0) is 0 Å². The number of halogens is 3. The molecular weight excluding hydrogens is 407 g/mol. The average Bonchev–Trinajstić information content (AvgIpc) is 2.49. The summed E-state index contributed by atoms with van der Waals surface area (Å²) < 4.78 is 24.5. The molecule has 110 valence electrons. The Morgan fingerprint density at radius 3 is 2.38 bits per heavy atom. The Balaban J connectivity index is 2.52. The van der Waals surface area contributed by atoms with E-state index in [1.165, 1.54) is 32.4 Å². The molecule has 6 heteroatoms. The van der Waals surface area contributed by atoms with Crippen molar-refractivity contribution in [2.45, 2.75) is 0 Å². The SMILES string of the molecule is COc1ccc(C(=O)c2ccc(F)c(Br)c2)c(OC)c1Br. The van der Waals surface area contributed by atoms with Gasteiger partial charge in [0.15, 0.2) is 5.78 Å². The van der Waals surface area contributed by atoms with E-state index in [4.69, 9.17) is 9.47 Å². The summed E-state index contributed by atoms with van der Waals surface area (Å²) in [5, 5.41) is 0. The maximum absolute atomic E-state index is 13.3. The van der Waals surface area contributed by atoms with E-state index in [0.29, 0.717) is 27.1 Å². The molecule has 2 aromatic carbocycles. The third-order valence-corrected chi connectivity index (χ3v) is 4.27. The molecule has 0 radical (unpaired) electrons. The summed E-state index contributed by atoms with van der Waals surface area (Å²) in [5.41, 5.74) is 0.724. The van der Waals surface area contributed by atoms with Gasteiger partial charge in [0, 0.05) is 5.56 Å². The van der Waals surface area contributed by atoms with E-state index in [9.17, 15) is 9.18 Å². The molecule has 0 N–H and O–H groups in total. The van der Waals surface area contributed by atoms with Crippen LogP contribution in [0.1, 0.15) is 15.9 Å². The smallest absolute Gasteiger partial charge is 0.196 e. The molecule has 21 heavy (non-hydrogen) atoms. The number of hydrogen-bond acceptors (Lipinski definition) is 3. The van der Waals surface area contributed by atoms with Gasteiger partial charge in [-0.05, 0) is 62.2 Å². The van der Waals surface area contributed by atoms with Crippen LogP contribution in [0.2, 0.25) is 0 Å². The van der Waals surface area contributed by atoms with Gasteiger partial charge in [-0.25, -0.2) is 4.39 Å². The molecular formula is C15H11Br2FO3. The van der Waals surface area contributed by atoms with Crippen LogP contribution >= 0.6 is 31.9 Å². The zero-order valence-electron chi connectivity index (χ0n) is 11.2. The molecule has 2 rings (SSSR count). The summed E-state index contributed by atoms with van der Waals surface area (Å²) in [7, 11) is 3.00. The van der Waals surface area contributed by atoms with Crippen LogP contribution in [0.5, 0.6) is 11.5 Å². The Morgan fingerprint density at radius 2 is 1.81 bits per heavy atom. The average molecular weight is 418 g/mol. The van der Waals surface area contributed by atoms with Crippen molar-refractivity contribution in [3.63, 3.8) is 0 Å². The van der Waals surface area contributed by atoms with Crippen LogP contribution in [0.25, 0.3) is 0 Å². The van der Waals surface area contributed by atoms with Gasteiger partial charge in [0.25, 0.3) is 0 Å². The highest BCUT2D eigenvalue weighted by Crippen LogP contribution is 2.38. The van der Waals surface area contributed by atoms with Crippen molar-refractivity contribution in [1.29, 1.82) is 0 Å². The molecule has 0 heterocycles. The van der Waals surface area contributed by atoms with Crippen molar-refractivity contribution in [1.82, 2.24) is 0 Å². The van der Waals surface area contributed by atoms with E-state index in [2.05, 4.69) is 31.9 Å². The molecule has 0 aliphatic rings. The second-order valence-electron chi connectivity index (χ2n) is 4.12. The van der Waals surface area contributed by atoms with Crippen molar-refractivity contribution in [2.75, 3.05) is 14.2 Å². The monoisotopic (exact) mass is 416 g/mol. The maximum Gasteiger partial charge on any atom is 0.196 e. The van der Waals surface area contributed by atoms with Gasteiger partial charge < -0.3 is 9.47 Å². The lowest BCUT2D eigenvalue weighted by molar-refractivity contribution is 0.103. The normalized spacial score (nSPS) is 10.3. The molecule has 0 aliphatic carbocycles. The Hall–Kier alpha value is -1.40. The fourth-order valence-electron chi connectivity index (χ4n) is 1.87. The predicted octanol–water partition coefficient (Wildman–Crippen LogP) is 4.60. The topological polar surface area (TPSA) is 35.5 Å². The minimum Gasteiger partial charge on any atom is -0.495 e. The quantitative estimate of drug-likeness (QED) is 0.682. The molecule has 0 atom stereocenters. The first-order chi connectivity index (χ1) is 9.99. The Kier molecular flexibility index (Phi) is 5.00. The highest BCUT2D eigenvalue weighted by atomic mass is 79.9. The Labute approximate surface area is 138 Å². The maximum atomic E-state index is 13.3. The number of rotatable bonds is 4. The lowest BCUT2D eigenvalue weighted by Gasteiger charge is -2.13. The third kappa shape index (κ3) is 3.11. The van der Waals surface area contributed by atoms with Crippen LogP contribution in [0.4, 0.5) is 4.39 Å². The minimum atomic E-state index is -0.422. The molecule has 0 amide bonds. The summed E-state index contributed by atoms with van der Waals surface area (Å²) in [4.78, 5) is 12.6. The van der Waals surface area contributed by atoms with E-state index < -0.39 is 5.82 Å². The number of carbonyl (C=O) groups excluding carboxylic acids is 1. The van der Waals surface area contributed by atoms with Gasteiger partial charge in [-0.1, -0.05) is 0 Å². The first-order valence-corrected chi connectivity index (χ1v) is 7.48. The molecule has 0 saturated carbocycles. The third-order valence-electron chi connectivity index (χ3n) is 2.91. The van der Waals surface area contributed by atoms with E-state index in [1.54, 1.807) is 12.1 Å². The van der Waals surface area contributed by atoms with Gasteiger partial charge in [-0.2, -0.15) is 0 Å². The Bertz CT molecular complexity index is 702. The standard InChI is InChI=1S/C15H11Br2FO3/c1-20-12-6-4-9(15(21-2)13(12)17)14(19)8-3-5-11(18)10(16)7-8/h3-7H,1-2H3. The summed E-state index contributed by atoms with van der Waals surface area (Å²) in [5.74, 6) is 0.244. The van der Waals surface area contributed by atoms with Crippen LogP contribution in [0.15, 0.2) is 39.3 Å². The van der Waals surface area contributed by atoms with Crippen molar-refractivity contribution in [2.24, 2.45) is 0 Å². The van der Waals surface area contributed by atoms with Crippen LogP contribution in [0, 0.1) is 5.82 Å². The van der Waals surface area contributed by atoms with Crippen molar-refractivity contribution in [3.8, 4) is 11.5 Å².